The Morgan fingerprint density at radius 3 is 2.86 bits per heavy atom. The van der Waals surface area contributed by atoms with Crippen LogP contribution >= 0.6 is 0 Å². The summed E-state index contributed by atoms with van der Waals surface area (Å²) < 4.78 is 1.60. The lowest BCUT2D eigenvalue weighted by Gasteiger charge is -2.28. The molecule has 1 aromatic rings. The number of aliphatic hydroxyl groups excluding tert-OH is 1. The molecule has 1 amide bonds. The van der Waals surface area contributed by atoms with Crippen LogP contribution in [0.5, 0.6) is 0 Å². The maximum absolute atomic E-state index is 12.3. The van der Waals surface area contributed by atoms with Crippen molar-refractivity contribution in [1.29, 1.82) is 0 Å². The van der Waals surface area contributed by atoms with Crippen LogP contribution in [0, 0.1) is 10.1 Å². The highest BCUT2D eigenvalue weighted by Crippen LogP contribution is 2.21. The molecule has 116 valence electrons. The van der Waals surface area contributed by atoms with E-state index in [-0.39, 0.29) is 23.3 Å². The molecule has 1 aliphatic carbocycles. The number of rotatable bonds is 5. The predicted octanol–water partition coefficient (Wildman–Crippen LogP) is 1.84. The number of aryl methyl sites for hydroxylation is 1. The van der Waals surface area contributed by atoms with Crippen molar-refractivity contribution in [2.75, 3.05) is 0 Å². The van der Waals surface area contributed by atoms with Crippen LogP contribution < -0.4 is 5.32 Å². The van der Waals surface area contributed by atoms with Gasteiger partial charge in [0.05, 0.1) is 23.3 Å². The Balaban J connectivity index is 2.15. The van der Waals surface area contributed by atoms with Gasteiger partial charge in [0.2, 0.25) is 0 Å². The molecule has 1 saturated carbocycles. The first-order chi connectivity index (χ1) is 10.0. The first-order valence-corrected chi connectivity index (χ1v) is 7.36. The van der Waals surface area contributed by atoms with Crippen LogP contribution in [0.4, 0.5) is 5.69 Å². The van der Waals surface area contributed by atoms with Crippen LogP contribution in [0.3, 0.4) is 0 Å². The monoisotopic (exact) mass is 295 g/mol. The first kappa shape index (κ1) is 15.5. The number of nitrogens with zero attached hydrogens (tertiary/aromatic N) is 2. The fourth-order valence-corrected chi connectivity index (χ4v) is 2.73. The van der Waals surface area contributed by atoms with E-state index in [2.05, 4.69) is 5.32 Å². The van der Waals surface area contributed by atoms with Crippen LogP contribution in [-0.2, 0) is 6.54 Å². The normalized spacial score (nSPS) is 22.0. The number of carbonyl (C=O) groups is 1. The molecular weight excluding hydrogens is 274 g/mol. The molecule has 0 bridgehead atoms. The highest BCUT2D eigenvalue weighted by atomic mass is 16.6. The molecule has 0 aromatic carbocycles. The van der Waals surface area contributed by atoms with E-state index in [9.17, 15) is 20.0 Å². The smallest absolute Gasteiger partial charge is 0.287 e. The zero-order chi connectivity index (χ0) is 15.4. The van der Waals surface area contributed by atoms with Crippen molar-refractivity contribution in [3.8, 4) is 0 Å². The molecule has 2 rings (SSSR count). The molecule has 0 unspecified atom stereocenters. The van der Waals surface area contributed by atoms with Crippen molar-refractivity contribution in [2.45, 2.75) is 57.7 Å². The molecule has 1 aromatic heterocycles. The Bertz CT molecular complexity index is 526. The Morgan fingerprint density at radius 1 is 1.52 bits per heavy atom. The fourth-order valence-electron chi connectivity index (χ4n) is 2.73. The third kappa shape index (κ3) is 3.60. The summed E-state index contributed by atoms with van der Waals surface area (Å²) in [6.07, 6.45) is 4.98. The fraction of sp³-hybridized carbons (Fsp3) is 0.643. The van der Waals surface area contributed by atoms with Crippen molar-refractivity contribution < 1.29 is 14.8 Å². The van der Waals surface area contributed by atoms with Crippen molar-refractivity contribution in [3.05, 3.63) is 28.1 Å². The summed E-state index contributed by atoms with van der Waals surface area (Å²) in [6, 6.07) is 1.02. The Labute approximate surface area is 123 Å². The van der Waals surface area contributed by atoms with Crippen molar-refractivity contribution in [1.82, 2.24) is 9.88 Å². The number of amides is 1. The molecule has 2 N–H and O–H groups in total. The molecule has 1 fully saturated rings. The molecule has 21 heavy (non-hydrogen) atoms. The van der Waals surface area contributed by atoms with Crippen LogP contribution in [0.2, 0.25) is 0 Å². The third-order valence-corrected chi connectivity index (χ3v) is 3.84. The van der Waals surface area contributed by atoms with Crippen molar-refractivity contribution in [2.24, 2.45) is 0 Å². The predicted molar refractivity (Wildman–Crippen MR) is 77.1 cm³/mol. The number of hydrogen-bond donors (Lipinski definition) is 2. The summed E-state index contributed by atoms with van der Waals surface area (Å²) in [6.45, 7) is 2.49. The summed E-state index contributed by atoms with van der Waals surface area (Å²) in [5, 5.41) is 23.6. The topological polar surface area (TPSA) is 97.4 Å². The van der Waals surface area contributed by atoms with E-state index in [1.165, 1.54) is 12.3 Å². The number of aromatic nitrogens is 1. The maximum atomic E-state index is 12.3. The van der Waals surface area contributed by atoms with Gasteiger partial charge in [-0.05, 0) is 19.3 Å². The Kier molecular flexibility index (Phi) is 4.95. The van der Waals surface area contributed by atoms with E-state index in [4.69, 9.17) is 0 Å². The highest BCUT2D eigenvalue weighted by Gasteiger charge is 2.27. The minimum Gasteiger partial charge on any atom is -0.391 e. The molecule has 0 saturated heterocycles. The van der Waals surface area contributed by atoms with Gasteiger partial charge in [0, 0.05) is 12.6 Å². The zero-order valence-corrected chi connectivity index (χ0v) is 12.1. The first-order valence-electron chi connectivity index (χ1n) is 7.36. The van der Waals surface area contributed by atoms with Gasteiger partial charge >= 0.3 is 0 Å². The van der Waals surface area contributed by atoms with E-state index in [1.54, 1.807) is 4.57 Å². The summed E-state index contributed by atoms with van der Waals surface area (Å²) in [7, 11) is 0. The lowest BCUT2D eigenvalue weighted by molar-refractivity contribution is -0.384. The SMILES string of the molecule is CCCn1cc([N+](=O)[O-])cc1C(=O)N[C@H]1CCCC[C@@H]1O. The van der Waals surface area contributed by atoms with Gasteiger partial charge in [0.25, 0.3) is 11.6 Å². The standard InChI is InChI=1S/C14H21N3O4/c1-2-7-16-9-10(17(20)21)8-12(16)14(19)15-11-5-3-4-6-13(11)18/h8-9,11,13,18H,2-7H2,1H3,(H,15,19)/t11-,13-/m0/s1. The molecule has 0 radical (unpaired) electrons. The zero-order valence-electron chi connectivity index (χ0n) is 12.1. The summed E-state index contributed by atoms with van der Waals surface area (Å²) in [4.78, 5) is 22.7. The van der Waals surface area contributed by atoms with Gasteiger partial charge < -0.3 is 15.0 Å². The van der Waals surface area contributed by atoms with Gasteiger partial charge in [-0.2, -0.15) is 0 Å². The molecule has 0 spiro atoms. The number of nitrogens with one attached hydrogen (secondary N) is 1. The second kappa shape index (κ2) is 6.71. The van der Waals surface area contributed by atoms with Crippen molar-refractivity contribution in [3.63, 3.8) is 0 Å². The molecular formula is C14H21N3O4. The van der Waals surface area contributed by atoms with E-state index in [1.807, 2.05) is 6.92 Å². The maximum Gasteiger partial charge on any atom is 0.287 e. The summed E-state index contributed by atoms with van der Waals surface area (Å²) in [5.41, 5.74) is 0.194. The number of hydrogen-bond acceptors (Lipinski definition) is 4. The number of carbonyl (C=O) groups excluding carboxylic acids is 1. The Hall–Kier alpha value is -1.89. The van der Waals surface area contributed by atoms with Gasteiger partial charge in [-0.1, -0.05) is 19.8 Å². The van der Waals surface area contributed by atoms with E-state index in [0.29, 0.717) is 13.0 Å². The van der Waals surface area contributed by atoms with Crippen LogP contribution in [-0.4, -0.2) is 32.6 Å². The van der Waals surface area contributed by atoms with Crippen molar-refractivity contribution >= 4 is 11.6 Å². The molecule has 7 nitrogen and oxygen atoms in total. The van der Waals surface area contributed by atoms with E-state index in [0.717, 1.165) is 25.7 Å². The average Bonchev–Trinajstić information content (AvgIpc) is 2.86. The second-order valence-electron chi connectivity index (χ2n) is 5.47. The second-order valence-corrected chi connectivity index (χ2v) is 5.47. The highest BCUT2D eigenvalue weighted by molar-refractivity contribution is 5.93. The van der Waals surface area contributed by atoms with Crippen LogP contribution in [0.15, 0.2) is 12.3 Å². The number of aliphatic hydroxyl groups is 1. The largest absolute Gasteiger partial charge is 0.391 e. The van der Waals surface area contributed by atoms with Gasteiger partial charge in [-0.25, -0.2) is 0 Å². The lowest BCUT2D eigenvalue weighted by Crippen LogP contribution is -2.45. The third-order valence-electron chi connectivity index (χ3n) is 3.84. The lowest BCUT2D eigenvalue weighted by atomic mass is 9.92. The Morgan fingerprint density at radius 2 is 2.24 bits per heavy atom. The summed E-state index contributed by atoms with van der Waals surface area (Å²) >= 11 is 0. The molecule has 1 heterocycles. The van der Waals surface area contributed by atoms with Gasteiger partial charge in [-0.3, -0.25) is 14.9 Å². The summed E-state index contributed by atoms with van der Waals surface area (Å²) in [5.74, 6) is -0.359. The average molecular weight is 295 g/mol. The minimum atomic E-state index is -0.535. The van der Waals surface area contributed by atoms with E-state index < -0.39 is 11.0 Å². The molecule has 7 heteroatoms. The minimum absolute atomic E-state index is 0.0854. The van der Waals surface area contributed by atoms with Gasteiger partial charge in [0.15, 0.2) is 0 Å². The molecule has 1 aliphatic rings. The van der Waals surface area contributed by atoms with Crippen LogP contribution in [0.1, 0.15) is 49.5 Å². The van der Waals surface area contributed by atoms with Crippen LogP contribution in [0.25, 0.3) is 0 Å². The van der Waals surface area contributed by atoms with Gasteiger partial charge in [-0.15, -0.1) is 0 Å². The molecule has 0 aliphatic heterocycles. The quantitative estimate of drug-likeness (QED) is 0.639. The molecule has 2 atom stereocenters. The van der Waals surface area contributed by atoms with E-state index >= 15 is 0 Å². The van der Waals surface area contributed by atoms with Gasteiger partial charge in [0.1, 0.15) is 5.69 Å². The number of nitro groups is 1.